The SMILES string of the molecule is CC(C)[C@@H](C)NC(=O)COC(=O)CNC(=O)Cc1cccc2ccccc12. The molecule has 2 amide bonds. The summed E-state index contributed by atoms with van der Waals surface area (Å²) in [5, 5.41) is 7.35. The highest BCUT2D eigenvalue weighted by molar-refractivity contribution is 5.91. The van der Waals surface area contributed by atoms with E-state index in [4.69, 9.17) is 4.74 Å². The highest BCUT2D eigenvalue weighted by atomic mass is 16.5. The summed E-state index contributed by atoms with van der Waals surface area (Å²) in [5.41, 5.74) is 0.890. The highest BCUT2D eigenvalue weighted by Gasteiger charge is 2.14. The average Bonchev–Trinajstić information content (AvgIpc) is 2.65. The highest BCUT2D eigenvalue weighted by Crippen LogP contribution is 2.18. The first-order valence-corrected chi connectivity index (χ1v) is 9.05. The fourth-order valence-corrected chi connectivity index (χ4v) is 2.51. The van der Waals surface area contributed by atoms with Crippen LogP contribution in [-0.4, -0.2) is 37.0 Å². The predicted molar refractivity (Wildman–Crippen MR) is 104 cm³/mol. The summed E-state index contributed by atoms with van der Waals surface area (Å²) in [6.45, 7) is 5.24. The van der Waals surface area contributed by atoms with Gasteiger partial charge in [0.15, 0.2) is 6.61 Å². The summed E-state index contributed by atoms with van der Waals surface area (Å²) in [7, 11) is 0. The Labute approximate surface area is 159 Å². The van der Waals surface area contributed by atoms with Gasteiger partial charge < -0.3 is 15.4 Å². The number of fused-ring (bicyclic) bond motifs is 1. The Hall–Kier alpha value is -2.89. The summed E-state index contributed by atoms with van der Waals surface area (Å²) in [6.07, 6.45) is 0.168. The molecule has 0 aromatic heterocycles. The van der Waals surface area contributed by atoms with E-state index in [0.29, 0.717) is 0 Å². The molecule has 6 nitrogen and oxygen atoms in total. The molecule has 2 rings (SSSR count). The number of carbonyl (C=O) groups is 3. The number of esters is 1. The molecule has 0 saturated heterocycles. The summed E-state index contributed by atoms with van der Waals surface area (Å²) in [6, 6.07) is 13.6. The number of carbonyl (C=O) groups excluding carboxylic acids is 3. The van der Waals surface area contributed by atoms with Crippen molar-refractivity contribution >= 4 is 28.6 Å². The van der Waals surface area contributed by atoms with Crippen LogP contribution in [0.3, 0.4) is 0 Å². The molecule has 0 radical (unpaired) electrons. The van der Waals surface area contributed by atoms with Crippen LogP contribution in [-0.2, 0) is 25.5 Å². The third kappa shape index (κ3) is 6.40. The van der Waals surface area contributed by atoms with E-state index in [-0.39, 0.29) is 43.3 Å². The van der Waals surface area contributed by atoms with Crippen LogP contribution >= 0.6 is 0 Å². The van der Waals surface area contributed by atoms with Crippen molar-refractivity contribution in [3.05, 3.63) is 48.0 Å². The fourth-order valence-electron chi connectivity index (χ4n) is 2.51. The van der Waals surface area contributed by atoms with Crippen molar-refractivity contribution in [1.82, 2.24) is 10.6 Å². The van der Waals surface area contributed by atoms with Crippen LogP contribution in [0.25, 0.3) is 10.8 Å². The number of hydrogen-bond acceptors (Lipinski definition) is 4. The van der Waals surface area contributed by atoms with Gasteiger partial charge in [-0.1, -0.05) is 56.3 Å². The van der Waals surface area contributed by atoms with Crippen LogP contribution in [0.4, 0.5) is 0 Å². The lowest BCUT2D eigenvalue weighted by Crippen LogP contribution is -2.39. The van der Waals surface area contributed by atoms with Crippen molar-refractivity contribution in [2.75, 3.05) is 13.2 Å². The standard InChI is InChI=1S/C21H26N2O4/c1-14(2)15(3)23-20(25)13-27-21(26)12-22-19(24)11-17-9-6-8-16-7-4-5-10-18(16)17/h4-10,14-15H,11-13H2,1-3H3,(H,22,24)(H,23,25)/t15-/m1/s1. The number of rotatable bonds is 8. The van der Waals surface area contributed by atoms with Gasteiger partial charge in [0.1, 0.15) is 6.54 Å². The van der Waals surface area contributed by atoms with Gasteiger partial charge in [-0.3, -0.25) is 14.4 Å². The van der Waals surface area contributed by atoms with Gasteiger partial charge in [0, 0.05) is 6.04 Å². The van der Waals surface area contributed by atoms with Crippen LogP contribution in [0.15, 0.2) is 42.5 Å². The van der Waals surface area contributed by atoms with Crippen molar-refractivity contribution in [2.45, 2.75) is 33.2 Å². The Morgan fingerprint density at radius 2 is 1.67 bits per heavy atom. The number of hydrogen-bond donors (Lipinski definition) is 2. The van der Waals surface area contributed by atoms with Gasteiger partial charge in [0.25, 0.3) is 5.91 Å². The molecule has 0 aliphatic carbocycles. The Bertz CT molecular complexity index is 811. The van der Waals surface area contributed by atoms with Crippen molar-refractivity contribution < 1.29 is 19.1 Å². The zero-order valence-corrected chi connectivity index (χ0v) is 16.0. The van der Waals surface area contributed by atoms with E-state index in [9.17, 15) is 14.4 Å². The first-order chi connectivity index (χ1) is 12.9. The van der Waals surface area contributed by atoms with E-state index in [2.05, 4.69) is 10.6 Å². The van der Waals surface area contributed by atoms with Gasteiger partial charge in [-0.25, -0.2) is 0 Å². The molecule has 0 saturated carbocycles. The van der Waals surface area contributed by atoms with Gasteiger partial charge in [0.2, 0.25) is 5.91 Å². The largest absolute Gasteiger partial charge is 0.454 e. The Morgan fingerprint density at radius 3 is 2.41 bits per heavy atom. The Kier molecular flexibility index (Phi) is 7.34. The zero-order chi connectivity index (χ0) is 19.8. The summed E-state index contributed by atoms with van der Waals surface area (Å²) in [4.78, 5) is 35.5. The zero-order valence-electron chi connectivity index (χ0n) is 16.0. The predicted octanol–water partition coefficient (Wildman–Crippen LogP) is 2.20. The van der Waals surface area contributed by atoms with Crippen molar-refractivity contribution in [3.8, 4) is 0 Å². The molecule has 0 aliphatic rings. The van der Waals surface area contributed by atoms with E-state index >= 15 is 0 Å². The smallest absolute Gasteiger partial charge is 0.325 e. The average molecular weight is 370 g/mol. The van der Waals surface area contributed by atoms with Gasteiger partial charge in [-0.05, 0) is 29.2 Å². The van der Waals surface area contributed by atoms with Crippen molar-refractivity contribution in [3.63, 3.8) is 0 Å². The van der Waals surface area contributed by atoms with Gasteiger partial charge in [-0.15, -0.1) is 0 Å². The number of nitrogens with one attached hydrogen (secondary N) is 2. The minimum Gasteiger partial charge on any atom is -0.454 e. The van der Waals surface area contributed by atoms with Crippen molar-refractivity contribution in [1.29, 1.82) is 0 Å². The first kappa shape index (κ1) is 20.4. The molecule has 2 aromatic carbocycles. The molecule has 0 spiro atoms. The summed E-state index contributed by atoms with van der Waals surface area (Å²) >= 11 is 0. The molecule has 6 heteroatoms. The third-order valence-corrected chi connectivity index (χ3v) is 4.41. The lowest BCUT2D eigenvalue weighted by molar-refractivity contribution is -0.148. The van der Waals surface area contributed by atoms with Crippen LogP contribution in [0.2, 0.25) is 0 Å². The second-order valence-corrected chi connectivity index (χ2v) is 6.85. The minimum atomic E-state index is -0.645. The molecule has 144 valence electrons. The molecule has 0 fully saturated rings. The maximum Gasteiger partial charge on any atom is 0.325 e. The van der Waals surface area contributed by atoms with Crippen LogP contribution in [0.5, 0.6) is 0 Å². The topological polar surface area (TPSA) is 84.5 Å². The molecule has 0 unspecified atom stereocenters. The monoisotopic (exact) mass is 370 g/mol. The molecule has 2 aromatic rings. The van der Waals surface area contributed by atoms with Crippen LogP contribution in [0.1, 0.15) is 26.3 Å². The maximum atomic E-state index is 12.1. The van der Waals surface area contributed by atoms with Gasteiger partial charge in [0.05, 0.1) is 6.42 Å². The quantitative estimate of drug-likeness (QED) is 0.698. The number of benzene rings is 2. The molecular formula is C21H26N2O4. The van der Waals surface area contributed by atoms with Gasteiger partial charge >= 0.3 is 5.97 Å². The number of amides is 2. The van der Waals surface area contributed by atoms with E-state index in [1.165, 1.54) is 0 Å². The van der Waals surface area contributed by atoms with Crippen LogP contribution in [0, 0.1) is 5.92 Å². The third-order valence-electron chi connectivity index (χ3n) is 4.41. The van der Waals surface area contributed by atoms with E-state index in [0.717, 1.165) is 16.3 Å². The molecule has 0 aliphatic heterocycles. The van der Waals surface area contributed by atoms with Gasteiger partial charge in [-0.2, -0.15) is 0 Å². The summed E-state index contributed by atoms with van der Waals surface area (Å²) < 4.78 is 4.89. The first-order valence-electron chi connectivity index (χ1n) is 9.05. The Balaban J connectivity index is 1.76. The second-order valence-electron chi connectivity index (χ2n) is 6.85. The van der Waals surface area contributed by atoms with E-state index in [1.807, 2.05) is 63.2 Å². The summed E-state index contributed by atoms with van der Waals surface area (Å²) in [5.74, 6) is -0.987. The molecular weight excluding hydrogens is 344 g/mol. The molecule has 27 heavy (non-hydrogen) atoms. The van der Waals surface area contributed by atoms with E-state index < -0.39 is 5.97 Å². The normalized spacial score (nSPS) is 11.9. The Morgan fingerprint density at radius 1 is 0.963 bits per heavy atom. The maximum absolute atomic E-state index is 12.1. The second kappa shape index (κ2) is 9.71. The molecule has 1 atom stereocenters. The molecule has 2 N–H and O–H groups in total. The molecule has 0 heterocycles. The fraction of sp³-hybridized carbons (Fsp3) is 0.381. The minimum absolute atomic E-state index is 0.00315. The van der Waals surface area contributed by atoms with Crippen LogP contribution < -0.4 is 10.6 Å². The van der Waals surface area contributed by atoms with Crippen molar-refractivity contribution in [2.24, 2.45) is 5.92 Å². The number of ether oxygens (including phenoxy) is 1. The molecule has 0 bridgehead atoms. The van der Waals surface area contributed by atoms with E-state index in [1.54, 1.807) is 0 Å². The lowest BCUT2D eigenvalue weighted by atomic mass is 10.0. The lowest BCUT2D eigenvalue weighted by Gasteiger charge is -2.17.